The minimum Gasteiger partial charge on any atom is -0.329 e. The van der Waals surface area contributed by atoms with Gasteiger partial charge >= 0.3 is 0 Å². The molecule has 7 nitrogen and oxygen atoms in total. The Morgan fingerprint density at radius 3 is 2.76 bits per heavy atom. The van der Waals surface area contributed by atoms with E-state index in [4.69, 9.17) is 4.98 Å². The lowest BCUT2D eigenvalue weighted by Crippen LogP contribution is -2.40. The number of hydrogen-bond donors (Lipinski definition) is 0. The first-order valence-corrected chi connectivity index (χ1v) is 8.62. The number of hydrazone groups is 1. The van der Waals surface area contributed by atoms with Crippen molar-refractivity contribution in [1.82, 2.24) is 19.5 Å². The summed E-state index contributed by atoms with van der Waals surface area (Å²) >= 11 is 0. The molecule has 2 amide bonds. The molecule has 0 radical (unpaired) electrons. The van der Waals surface area contributed by atoms with E-state index in [1.165, 1.54) is 5.01 Å². The van der Waals surface area contributed by atoms with Crippen molar-refractivity contribution in [2.75, 3.05) is 13.6 Å². The summed E-state index contributed by atoms with van der Waals surface area (Å²) in [5.41, 5.74) is 2.48. The Hall–Kier alpha value is -2.70. The first kappa shape index (κ1) is 15.8. The quantitative estimate of drug-likeness (QED) is 0.838. The Balaban J connectivity index is 1.66. The van der Waals surface area contributed by atoms with Crippen molar-refractivity contribution < 1.29 is 9.59 Å². The van der Waals surface area contributed by atoms with Gasteiger partial charge in [0.2, 0.25) is 5.91 Å². The molecular weight excluding hydrogens is 318 g/mol. The number of amides is 2. The zero-order valence-electron chi connectivity index (χ0n) is 14.5. The summed E-state index contributed by atoms with van der Waals surface area (Å²) in [6.07, 6.45) is 2.59. The number of benzene rings is 1. The van der Waals surface area contributed by atoms with Gasteiger partial charge in [-0.2, -0.15) is 5.10 Å². The third kappa shape index (κ3) is 2.59. The van der Waals surface area contributed by atoms with E-state index >= 15 is 0 Å². The number of aryl methyl sites for hydroxylation is 1. The second-order valence-electron chi connectivity index (χ2n) is 6.64. The molecule has 7 heteroatoms. The third-order valence-electron chi connectivity index (χ3n) is 5.09. The molecule has 0 N–H and O–H groups in total. The van der Waals surface area contributed by atoms with Crippen LogP contribution in [0.3, 0.4) is 0 Å². The van der Waals surface area contributed by atoms with Gasteiger partial charge in [0.1, 0.15) is 11.5 Å². The van der Waals surface area contributed by atoms with Gasteiger partial charge in [-0.3, -0.25) is 9.59 Å². The van der Waals surface area contributed by atoms with Crippen LogP contribution in [0.5, 0.6) is 0 Å². The molecule has 2 aliphatic heterocycles. The van der Waals surface area contributed by atoms with Gasteiger partial charge in [0.05, 0.1) is 17.1 Å². The Morgan fingerprint density at radius 1 is 1.20 bits per heavy atom. The van der Waals surface area contributed by atoms with Crippen LogP contribution in [0.15, 0.2) is 29.4 Å². The minimum absolute atomic E-state index is 0.0458. The molecule has 4 rings (SSSR count). The summed E-state index contributed by atoms with van der Waals surface area (Å²) in [4.78, 5) is 31.2. The van der Waals surface area contributed by atoms with Crippen molar-refractivity contribution in [3.8, 4) is 0 Å². The van der Waals surface area contributed by atoms with Gasteiger partial charge in [-0.05, 0) is 25.0 Å². The number of rotatable bonds is 2. The lowest BCUT2D eigenvalue weighted by molar-refractivity contribution is -0.130. The monoisotopic (exact) mass is 339 g/mol. The van der Waals surface area contributed by atoms with Crippen molar-refractivity contribution >= 4 is 28.6 Å². The van der Waals surface area contributed by atoms with Crippen LogP contribution in [0.4, 0.5) is 0 Å². The van der Waals surface area contributed by atoms with Crippen LogP contribution in [0, 0.1) is 0 Å². The molecule has 1 fully saturated rings. The predicted octanol–water partition coefficient (Wildman–Crippen LogP) is 1.84. The summed E-state index contributed by atoms with van der Waals surface area (Å²) < 4.78 is 2.07. The van der Waals surface area contributed by atoms with Crippen LogP contribution in [-0.4, -0.2) is 50.6 Å². The summed E-state index contributed by atoms with van der Waals surface area (Å²) in [5.74, 6) is 0.784. The van der Waals surface area contributed by atoms with Crippen molar-refractivity contribution in [1.29, 1.82) is 0 Å². The Bertz CT molecular complexity index is 885. The fourth-order valence-electron chi connectivity index (χ4n) is 3.73. The number of para-hydroxylation sites is 2. The highest BCUT2D eigenvalue weighted by molar-refractivity contribution is 6.39. The number of likely N-dealkylation sites (tertiary alicyclic amines) is 1. The maximum absolute atomic E-state index is 13.0. The van der Waals surface area contributed by atoms with E-state index in [9.17, 15) is 9.59 Å². The van der Waals surface area contributed by atoms with Crippen molar-refractivity contribution in [2.45, 2.75) is 31.7 Å². The van der Waals surface area contributed by atoms with E-state index in [1.807, 2.05) is 36.2 Å². The summed E-state index contributed by atoms with van der Waals surface area (Å²) in [6, 6.07) is 7.95. The molecular formula is C18H21N5O2. The number of imidazole rings is 1. The Labute approximate surface area is 145 Å². The Morgan fingerprint density at radius 2 is 2.00 bits per heavy atom. The maximum atomic E-state index is 13.0. The highest BCUT2D eigenvalue weighted by Crippen LogP contribution is 2.33. The molecule has 3 heterocycles. The standard InChI is InChI=1S/C18H21N5O2/c1-21-14-7-4-3-6-12(14)19-17(21)15-8-5-11-23(15)18(25)13-9-10-16(24)22(2)20-13/h3-4,6-7,15H,5,8-11H2,1-2H3/t15-/m0/s1. The number of nitrogens with zero attached hydrogens (tertiary/aromatic N) is 5. The van der Waals surface area contributed by atoms with Gasteiger partial charge < -0.3 is 9.47 Å². The predicted molar refractivity (Wildman–Crippen MR) is 93.8 cm³/mol. The van der Waals surface area contributed by atoms with Crippen molar-refractivity contribution in [3.63, 3.8) is 0 Å². The maximum Gasteiger partial charge on any atom is 0.270 e. The fraction of sp³-hybridized carbons (Fsp3) is 0.444. The van der Waals surface area contributed by atoms with Crippen LogP contribution in [-0.2, 0) is 16.6 Å². The molecule has 130 valence electrons. The number of carbonyl (C=O) groups is 2. The molecule has 0 aliphatic carbocycles. The molecule has 0 bridgehead atoms. The van der Waals surface area contributed by atoms with Gasteiger partial charge in [-0.15, -0.1) is 0 Å². The van der Waals surface area contributed by atoms with Gasteiger partial charge in [0.25, 0.3) is 5.91 Å². The van der Waals surface area contributed by atoms with Crippen molar-refractivity contribution in [2.24, 2.45) is 12.1 Å². The molecule has 2 aromatic rings. The summed E-state index contributed by atoms with van der Waals surface area (Å²) in [7, 11) is 3.60. The number of fused-ring (bicyclic) bond motifs is 1. The van der Waals surface area contributed by atoms with Crippen LogP contribution in [0.2, 0.25) is 0 Å². The highest BCUT2D eigenvalue weighted by atomic mass is 16.2. The van der Waals surface area contributed by atoms with Gasteiger partial charge in [-0.1, -0.05) is 12.1 Å². The first-order chi connectivity index (χ1) is 12.1. The molecule has 2 aliphatic rings. The van der Waals surface area contributed by atoms with Crippen LogP contribution >= 0.6 is 0 Å². The van der Waals surface area contributed by atoms with Gasteiger partial charge in [0.15, 0.2) is 0 Å². The molecule has 1 atom stereocenters. The zero-order valence-corrected chi connectivity index (χ0v) is 14.5. The first-order valence-electron chi connectivity index (χ1n) is 8.62. The average Bonchev–Trinajstić information content (AvgIpc) is 3.22. The number of carbonyl (C=O) groups excluding carboxylic acids is 2. The molecule has 0 spiro atoms. The molecule has 25 heavy (non-hydrogen) atoms. The highest BCUT2D eigenvalue weighted by Gasteiger charge is 2.36. The largest absolute Gasteiger partial charge is 0.329 e. The normalized spacial score (nSPS) is 21.1. The Kier molecular flexibility index (Phi) is 3.78. The fourth-order valence-corrected chi connectivity index (χ4v) is 3.73. The smallest absolute Gasteiger partial charge is 0.270 e. The van der Waals surface area contributed by atoms with Gasteiger partial charge in [-0.25, -0.2) is 9.99 Å². The molecule has 1 aromatic carbocycles. The molecule has 0 saturated carbocycles. The van der Waals surface area contributed by atoms with E-state index in [0.717, 1.165) is 29.7 Å². The second kappa shape index (κ2) is 5.98. The molecule has 1 saturated heterocycles. The van der Waals surface area contributed by atoms with E-state index in [0.29, 0.717) is 25.1 Å². The topological polar surface area (TPSA) is 70.8 Å². The van der Waals surface area contributed by atoms with Crippen LogP contribution in [0.25, 0.3) is 11.0 Å². The third-order valence-corrected chi connectivity index (χ3v) is 5.09. The van der Waals surface area contributed by atoms with Gasteiger partial charge in [0, 0.05) is 33.5 Å². The average molecular weight is 339 g/mol. The minimum atomic E-state index is -0.0751. The SMILES string of the molecule is CN1N=C(C(=O)N2CCC[C@H]2c2nc3ccccc3n2C)CCC1=O. The zero-order chi connectivity index (χ0) is 17.6. The lowest BCUT2D eigenvalue weighted by atomic mass is 10.1. The lowest BCUT2D eigenvalue weighted by Gasteiger charge is -2.27. The second-order valence-corrected chi connectivity index (χ2v) is 6.64. The number of aromatic nitrogens is 2. The summed E-state index contributed by atoms with van der Waals surface area (Å²) in [6.45, 7) is 0.698. The van der Waals surface area contributed by atoms with Crippen LogP contribution in [0.1, 0.15) is 37.5 Å². The molecule has 1 aromatic heterocycles. The molecule has 0 unspecified atom stereocenters. The van der Waals surface area contributed by atoms with E-state index in [2.05, 4.69) is 9.67 Å². The van der Waals surface area contributed by atoms with Crippen molar-refractivity contribution in [3.05, 3.63) is 30.1 Å². The van der Waals surface area contributed by atoms with E-state index in [1.54, 1.807) is 7.05 Å². The van der Waals surface area contributed by atoms with E-state index < -0.39 is 0 Å². The van der Waals surface area contributed by atoms with E-state index in [-0.39, 0.29) is 17.9 Å². The number of hydrogen-bond acceptors (Lipinski definition) is 4. The van der Waals surface area contributed by atoms with Crippen LogP contribution < -0.4 is 0 Å². The summed E-state index contributed by atoms with van der Waals surface area (Å²) in [5, 5.41) is 5.46.